The number of rotatable bonds is 25. The Morgan fingerprint density at radius 3 is 1.38 bits per heavy atom. The number of hydrogen-bond acceptors (Lipinski definition) is 16. The molecule has 6 N–H and O–H groups in total. The number of likely N-dealkylation sites (N-methyl/N-ethyl adjacent to an activating group) is 2. The first kappa shape index (κ1) is 62.7. The molecule has 20 nitrogen and oxygen atoms in total. The number of methoxy groups -OCH3 is 2. The van der Waals surface area contributed by atoms with Crippen LogP contribution in [0.1, 0.15) is 73.9 Å². The number of sulfonamides is 2. The molecule has 456 valence electrons. The molecule has 2 aliphatic rings. The number of nitrogens with zero attached hydrogens (tertiary/aromatic N) is 9. The third kappa shape index (κ3) is 15.2. The number of benzene rings is 4. The number of primary sulfonamides is 1. The van der Waals surface area contributed by atoms with E-state index in [-0.39, 0.29) is 23.1 Å². The molecule has 0 amide bonds. The lowest BCUT2D eigenvalue weighted by Gasteiger charge is -2.30. The van der Waals surface area contributed by atoms with Crippen LogP contribution < -0.4 is 35.6 Å². The predicted octanol–water partition coefficient (Wildman–Crippen LogP) is 8.58. The van der Waals surface area contributed by atoms with E-state index in [1.807, 2.05) is 115 Å². The zero-order valence-electron chi connectivity index (χ0n) is 50.4. The van der Waals surface area contributed by atoms with Crippen molar-refractivity contribution in [2.45, 2.75) is 100 Å². The second-order valence-electron chi connectivity index (χ2n) is 23.3. The highest BCUT2D eigenvalue weighted by atomic mass is 32.2. The molecule has 8 aromatic rings. The summed E-state index contributed by atoms with van der Waals surface area (Å²) < 4.78 is 78.8. The Bertz CT molecular complexity index is 3800. The molecule has 4 aromatic carbocycles. The maximum atomic E-state index is 14.2. The average molecular weight is 1210 g/mol. The Morgan fingerprint density at radius 2 is 0.977 bits per heavy atom. The number of nitrogen functional groups attached to an aromatic ring is 2. The van der Waals surface area contributed by atoms with Crippen LogP contribution in [0.2, 0.25) is 0 Å². The van der Waals surface area contributed by atoms with Gasteiger partial charge in [0.25, 0.3) is 20.0 Å². The Morgan fingerprint density at radius 1 is 0.558 bits per heavy atom. The largest absolute Gasteiger partial charge is 0.497 e. The van der Waals surface area contributed by atoms with Gasteiger partial charge in [-0.3, -0.25) is 9.36 Å². The molecule has 0 aliphatic heterocycles. The van der Waals surface area contributed by atoms with E-state index >= 15 is 0 Å². The number of fused-ring (bicyclic) bond motifs is 2. The van der Waals surface area contributed by atoms with E-state index in [0.717, 1.165) is 83.3 Å². The number of aromatic nitrogens is 6. The molecule has 4 aromatic heterocycles. The SMILES string of the molecule is CN(CCOc1cc(-c2ccc3c(c2N)CCC3)ccn1)CC(C)(C)n1ccc(S(N)(=O)=O)n1.COc1ccc(CN(Cc2ccc(OC)cc2)S(=O)(=O)c2ccn(C(C)(C)CN(C)CCOc3cc(-c4ccc5c(c4N)CCC5)ccn3)n2)cc1. The zero-order valence-corrected chi connectivity index (χ0v) is 52.1. The standard InChI is InChI=1S/C40H48N6O5S.C24H32N6O3S/c1-40(2,28-44(3)23-24-51-37-25-32(19-21-42-37)36-18-13-31-7-6-8-35(31)39(36)41)46-22-20-38(43-46)52(47,48)45(26-29-9-14-33(49-4)15-10-29)27-30-11-16-34(50-5)17-12-30;1-24(2,30-12-10-22(28-30)34(26,31)32)16-29(3)13-14-33-21-15-18(9-11-27-21)20-8-7-17-5-4-6-19(17)23(20)25/h9-22,25H,6-8,23-24,26-28,41H2,1-5H3;7-12,15H,4-6,13-14,16,25H2,1-3H3,(H2,26,31,32). The minimum absolute atomic E-state index is 0.0106. The molecule has 22 heteroatoms. The van der Waals surface area contributed by atoms with Gasteiger partial charge in [-0.2, -0.15) is 14.5 Å². The monoisotopic (exact) mass is 1210 g/mol. The summed E-state index contributed by atoms with van der Waals surface area (Å²) in [5.74, 6) is 2.50. The first-order chi connectivity index (χ1) is 41.0. The molecule has 0 unspecified atom stereocenters. The number of nitrogens with two attached hydrogens (primary N) is 3. The maximum absolute atomic E-state index is 14.2. The number of pyridine rings is 2. The van der Waals surface area contributed by atoms with Gasteiger partial charge in [-0.15, -0.1) is 0 Å². The normalized spacial score (nSPS) is 13.4. The molecular weight excluding hydrogens is 1130 g/mol. The zero-order chi connectivity index (χ0) is 61.4. The van der Waals surface area contributed by atoms with Crippen LogP contribution in [0, 0.1) is 0 Å². The number of hydrogen-bond donors (Lipinski definition) is 3. The molecule has 4 heterocycles. The van der Waals surface area contributed by atoms with Gasteiger partial charge in [0.05, 0.1) is 25.3 Å². The second kappa shape index (κ2) is 26.8. The Labute approximate surface area is 506 Å². The van der Waals surface area contributed by atoms with Gasteiger partial charge in [-0.25, -0.2) is 31.9 Å². The van der Waals surface area contributed by atoms with Crippen molar-refractivity contribution in [2.24, 2.45) is 5.14 Å². The average Bonchev–Trinajstić information content (AvgIpc) is 4.56. The molecule has 0 bridgehead atoms. The van der Waals surface area contributed by atoms with Gasteiger partial charge in [0.1, 0.15) is 24.7 Å². The molecule has 0 radical (unpaired) electrons. The third-order valence-corrected chi connectivity index (χ3v) is 18.3. The fourth-order valence-corrected chi connectivity index (χ4v) is 13.0. The molecule has 0 fully saturated rings. The third-order valence-electron chi connectivity index (χ3n) is 15.8. The van der Waals surface area contributed by atoms with Crippen LogP contribution in [0.5, 0.6) is 23.3 Å². The van der Waals surface area contributed by atoms with Gasteiger partial charge in [-0.1, -0.05) is 48.5 Å². The number of anilines is 2. The molecule has 10 rings (SSSR count). The van der Waals surface area contributed by atoms with Crippen molar-refractivity contribution in [3.05, 3.63) is 167 Å². The van der Waals surface area contributed by atoms with E-state index in [4.69, 9.17) is 35.6 Å². The molecule has 0 saturated heterocycles. The van der Waals surface area contributed by atoms with Crippen molar-refractivity contribution < 1.29 is 35.8 Å². The first-order valence-corrected chi connectivity index (χ1v) is 31.8. The smallest absolute Gasteiger partial charge is 0.262 e. The van der Waals surface area contributed by atoms with Crippen molar-refractivity contribution >= 4 is 31.4 Å². The number of ether oxygens (including phenoxy) is 4. The molecule has 0 atom stereocenters. The fourth-order valence-electron chi connectivity index (χ4n) is 11.2. The Hall–Kier alpha value is -7.86. The van der Waals surface area contributed by atoms with Gasteiger partial charge < -0.3 is 40.2 Å². The lowest BCUT2D eigenvalue weighted by molar-refractivity contribution is 0.167. The van der Waals surface area contributed by atoms with Crippen molar-refractivity contribution in [1.82, 2.24) is 43.6 Å². The van der Waals surface area contributed by atoms with Crippen LogP contribution in [0.4, 0.5) is 11.4 Å². The van der Waals surface area contributed by atoms with E-state index in [1.165, 1.54) is 32.6 Å². The summed E-state index contributed by atoms with van der Waals surface area (Å²) in [7, 11) is -0.622. The summed E-state index contributed by atoms with van der Waals surface area (Å²) >= 11 is 0. The molecule has 86 heavy (non-hydrogen) atoms. The van der Waals surface area contributed by atoms with Gasteiger partial charge >= 0.3 is 0 Å². The summed E-state index contributed by atoms with van der Waals surface area (Å²) in [6.45, 7) is 11.7. The van der Waals surface area contributed by atoms with Crippen LogP contribution >= 0.6 is 0 Å². The summed E-state index contributed by atoms with van der Waals surface area (Å²) in [5.41, 5.74) is 24.7. The summed E-state index contributed by atoms with van der Waals surface area (Å²) in [4.78, 5) is 13.0. The van der Waals surface area contributed by atoms with Gasteiger partial charge in [0.15, 0.2) is 10.1 Å². The first-order valence-electron chi connectivity index (χ1n) is 28.8. The summed E-state index contributed by atoms with van der Waals surface area (Å²) in [6, 6.07) is 34.1. The molecule has 0 saturated carbocycles. The maximum Gasteiger partial charge on any atom is 0.262 e. The topological polar surface area (TPSA) is 254 Å². The van der Waals surface area contributed by atoms with Gasteiger partial charge in [-0.05, 0) is 173 Å². The van der Waals surface area contributed by atoms with E-state index in [2.05, 4.69) is 54.2 Å². The van der Waals surface area contributed by atoms with Crippen LogP contribution in [0.3, 0.4) is 0 Å². The highest BCUT2D eigenvalue weighted by Crippen LogP contribution is 2.38. The van der Waals surface area contributed by atoms with Crippen LogP contribution in [-0.2, 0) is 69.9 Å². The quantitative estimate of drug-likeness (QED) is 0.0453. The highest BCUT2D eigenvalue weighted by Gasteiger charge is 2.32. The second-order valence-corrected chi connectivity index (χ2v) is 26.7. The Kier molecular flexibility index (Phi) is 19.5. The number of aryl methyl sites for hydroxylation is 2. The van der Waals surface area contributed by atoms with E-state index in [1.54, 1.807) is 54.4 Å². The van der Waals surface area contributed by atoms with Crippen molar-refractivity contribution in [1.29, 1.82) is 0 Å². The lowest BCUT2D eigenvalue weighted by Crippen LogP contribution is -2.41. The van der Waals surface area contributed by atoms with Crippen molar-refractivity contribution in [2.75, 3.05) is 79.2 Å². The van der Waals surface area contributed by atoms with E-state index < -0.39 is 31.1 Å². The van der Waals surface area contributed by atoms with Crippen molar-refractivity contribution in [3.8, 4) is 45.5 Å². The summed E-state index contributed by atoms with van der Waals surface area (Å²) in [5, 5.41) is 13.8. The van der Waals surface area contributed by atoms with E-state index in [0.29, 0.717) is 62.7 Å². The van der Waals surface area contributed by atoms with Crippen LogP contribution in [0.15, 0.2) is 144 Å². The minimum Gasteiger partial charge on any atom is -0.497 e. The molecule has 0 spiro atoms. The van der Waals surface area contributed by atoms with E-state index in [9.17, 15) is 16.8 Å². The lowest BCUT2D eigenvalue weighted by atomic mass is 9.98. The Balaban J connectivity index is 0.000000224. The van der Waals surface area contributed by atoms with Gasteiger partial charge in [0.2, 0.25) is 11.8 Å². The molecule has 2 aliphatic carbocycles. The predicted molar refractivity (Wildman–Crippen MR) is 335 cm³/mol. The minimum atomic E-state index is -3.98. The highest BCUT2D eigenvalue weighted by molar-refractivity contribution is 7.89. The van der Waals surface area contributed by atoms with Crippen LogP contribution in [-0.4, -0.2) is 128 Å². The van der Waals surface area contributed by atoms with Crippen LogP contribution in [0.25, 0.3) is 22.3 Å². The van der Waals surface area contributed by atoms with Crippen molar-refractivity contribution in [3.63, 3.8) is 0 Å². The van der Waals surface area contributed by atoms with Gasteiger partial charge in [0, 0.05) is 98.7 Å². The summed E-state index contributed by atoms with van der Waals surface area (Å²) in [6.07, 6.45) is 13.4. The molecular formula is C64H80N12O8S2. The fraction of sp³-hybridized carbons (Fsp3) is 0.375.